The summed E-state index contributed by atoms with van der Waals surface area (Å²) in [4.78, 5) is 11.7. The number of anilines is 1. The minimum absolute atomic E-state index is 0.163. The molecule has 2 aromatic carbocycles. The SMILES string of the molecule is COC(=O)c1cc(-c2cccc(O)c2)cc(N)c1C. The zero-order chi connectivity index (χ0) is 14.0. The third kappa shape index (κ3) is 2.52. The number of phenols is 1. The van der Waals surface area contributed by atoms with E-state index < -0.39 is 5.97 Å². The molecule has 0 atom stereocenters. The van der Waals surface area contributed by atoms with Gasteiger partial charge in [0.2, 0.25) is 0 Å². The second-order valence-corrected chi connectivity index (χ2v) is 4.28. The maximum absolute atomic E-state index is 11.7. The average Bonchev–Trinajstić information content (AvgIpc) is 2.40. The molecule has 0 aliphatic rings. The maximum atomic E-state index is 11.7. The monoisotopic (exact) mass is 257 g/mol. The van der Waals surface area contributed by atoms with E-state index in [4.69, 9.17) is 10.5 Å². The number of carbonyl (C=O) groups is 1. The predicted molar refractivity (Wildman–Crippen MR) is 74.0 cm³/mol. The van der Waals surface area contributed by atoms with Crippen molar-refractivity contribution in [2.75, 3.05) is 12.8 Å². The highest BCUT2D eigenvalue weighted by Crippen LogP contribution is 2.29. The summed E-state index contributed by atoms with van der Waals surface area (Å²) in [5.74, 6) is -0.262. The average molecular weight is 257 g/mol. The van der Waals surface area contributed by atoms with E-state index in [1.165, 1.54) is 7.11 Å². The Labute approximate surface area is 111 Å². The highest BCUT2D eigenvalue weighted by Gasteiger charge is 2.13. The number of benzene rings is 2. The van der Waals surface area contributed by atoms with E-state index in [1.54, 1.807) is 37.3 Å². The molecule has 2 rings (SSSR count). The Balaban J connectivity index is 2.60. The topological polar surface area (TPSA) is 72.5 Å². The van der Waals surface area contributed by atoms with Gasteiger partial charge in [-0.3, -0.25) is 0 Å². The molecule has 0 aliphatic carbocycles. The lowest BCUT2D eigenvalue weighted by Gasteiger charge is -2.11. The fraction of sp³-hybridized carbons (Fsp3) is 0.133. The van der Waals surface area contributed by atoms with Crippen molar-refractivity contribution in [2.24, 2.45) is 0 Å². The normalized spacial score (nSPS) is 10.2. The van der Waals surface area contributed by atoms with Crippen molar-refractivity contribution >= 4 is 11.7 Å². The van der Waals surface area contributed by atoms with Crippen molar-refractivity contribution < 1.29 is 14.6 Å². The van der Waals surface area contributed by atoms with Crippen LogP contribution in [0.25, 0.3) is 11.1 Å². The van der Waals surface area contributed by atoms with Gasteiger partial charge in [0.15, 0.2) is 0 Å². The molecule has 0 saturated heterocycles. The van der Waals surface area contributed by atoms with Crippen LogP contribution in [0.1, 0.15) is 15.9 Å². The largest absolute Gasteiger partial charge is 0.508 e. The number of hydrogen-bond acceptors (Lipinski definition) is 4. The lowest BCUT2D eigenvalue weighted by Crippen LogP contribution is -2.06. The first kappa shape index (κ1) is 13.0. The van der Waals surface area contributed by atoms with Crippen LogP contribution in [0.4, 0.5) is 5.69 Å². The highest BCUT2D eigenvalue weighted by molar-refractivity contribution is 5.94. The molecule has 0 radical (unpaired) electrons. The van der Waals surface area contributed by atoms with Crippen molar-refractivity contribution in [1.29, 1.82) is 0 Å². The molecule has 98 valence electrons. The maximum Gasteiger partial charge on any atom is 0.338 e. The van der Waals surface area contributed by atoms with E-state index >= 15 is 0 Å². The summed E-state index contributed by atoms with van der Waals surface area (Å²) >= 11 is 0. The quantitative estimate of drug-likeness (QED) is 0.641. The summed E-state index contributed by atoms with van der Waals surface area (Å²) in [5.41, 5.74) is 9.11. The highest BCUT2D eigenvalue weighted by atomic mass is 16.5. The summed E-state index contributed by atoms with van der Waals surface area (Å²) < 4.78 is 4.74. The van der Waals surface area contributed by atoms with Gasteiger partial charge >= 0.3 is 5.97 Å². The van der Waals surface area contributed by atoms with Gasteiger partial charge in [-0.2, -0.15) is 0 Å². The molecular weight excluding hydrogens is 242 g/mol. The Morgan fingerprint density at radius 3 is 2.58 bits per heavy atom. The number of methoxy groups -OCH3 is 1. The summed E-state index contributed by atoms with van der Waals surface area (Å²) in [7, 11) is 1.33. The third-order valence-electron chi connectivity index (χ3n) is 3.03. The van der Waals surface area contributed by atoms with E-state index in [0.717, 1.165) is 11.1 Å². The van der Waals surface area contributed by atoms with Gasteiger partial charge < -0.3 is 15.6 Å². The van der Waals surface area contributed by atoms with Crippen LogP contribution in [0, 0.1) is 6.92 Å². The molecule has 4 heteroatoms. The molecular formula is C15H15NO3. The molecule has 2 aromatic rings. The third-order valence-corrected chi connectivity index (χ3v) is 3.03. The van der Waals surface area contributed by atoms with Gasteiger partial charge in [-0.1, -0.05) is 12.1 Å². The Bertz CT molecular complexity index is 635. The van der Waals surface area contributed by atoms with Gasteiger partial charge in [0, 0.05) is 5.69 Å². The molecule has 0 bridgehead atoms. The van der Waals surface area contributed by atoms with Gasteiger partial charge in [0.1, 0.15) is 5.75 Å². The van der Waals surface area contributed by atoms with Gasteiger partial charge in [-0.15, -0.1) is 0 Å². The van der Waals surface area contributed by atoms with E-state index in [0.29, 0.717) is 16.8 Å². The number of hydrogen-bond donors (Lipinski definition) is 2. The Hall–Kier alpha value is -2.49. The predicted octanol–water partition coefficient (Wildman–Crippen LogP) is 2.74. The zero-order valence-corrected chi connectivity index (χ0v) is 10.8. The van der Waals surface area contributed by atoms with Crippen LogP contribution in [-0.2, 0) is 4.74 Å². The van der Waals surface area contributed by atoms with Crippen molar-refractivity contribution in [2.45, 2.75) is 6.92 Å². The Morgan fingerprint density at radius 1 is 1.21 bits per heavy atom. The van der Waals surface area contributed by atoms with Crippen molar-refractivity contribution in [3.8, 4) is 16.9 Å². The number of nitrogen functional groups attached to an aromatic ring is 1. The fourth-order valence-electron chi connectivity index (χ4n) is 1.91. The number of rotatable bonds is 2. The van der Waals surface area contributed by atoms with E-state index in [1.807, 2.05) is 6.07 Å². The van der Waals surface area contributed by atoms with Crippen LogP contribution >= 0.6 is 0 Å². The summed E-state index contributed by atoms with van der Waals surface area (Å²) in [5, 5.41) is 9.50. The van der Waals surface area contributed by atoms with Gasteiger partial charge in [-0.05, 0) is 47.9 Å². The fourth-order valence-corrected chi connectivity index (χ4v) is 1.91. The van der Waals surface area contributed by atoms with E-state index in [-0.39, 0.29) is 5.75 Å². The summed E-state index contributed by atoms with van der Waals surface area (Å²) in [6.45, 7) is 1.77. The van der Waals surface area contributed by atoms with Crippen LogP contribution in [0.5, 0.6) is 5.75 Å². The summed E-state index contributed by atoms with van der Waals surface area (Å²) in [6.07, 6.45) is 0. The minimum atomic E-state index is -0.425. The smallest absolute Gasteiger partial charge is 0.338 e. The number of ether oxygens (including phenoxy) is 1. The minimum Gasteiger partial charge on any atom is -0.508 e. The molecule has 0 heterocycles. The molecule has 0 aromatic heterocycles. The van der Waals surface area contributed by atoms with Crippen LogP contribution in [-0.4, -0.2) is 18.2 Å². The number of esters is 1. The van der Waals surface area contributed by atoms with Crippen LogP contribution in [0.2, 0.25) is 0 Å². The number of nitrogens with two attached hydrogens (primary N) is 1. The van der Waals surface area contributed by atoms with E-state index in [9.17, 15) is 9.90 Å². The molecule has 0 amide bonds. The van der Waals surface area contributed by atoms with Gasteiger partial charge in [0.25, 0.3) is 0 Å². The van der Waals surface area contributed by atoms with Crippen LogP contribution in [0.3, 0.4) is 0 Å². The molecule has 19 heavy (non-hydrogen) atoms. The van der Waals surface area contributed by atoms with Crippen molar-refractivity contribution in [3.05, 3.63) is 47.5 Å². The molecule has 4 nitrogen and oxygen atoms in total. The second-order valence-electron chi connectivity index (χ2n) is 4.28. The lowest BCUT2D eigenvalue weighted by molar-refractivity contribution is 0.0600. The Morgan fingerprint density at radius 2 is 1.95 bits per heavy atom. The molecule has 0 spiro atoms. The molecule has 0 fully saturated rings. The van der Waals surface area contributed by atoms with Gasteiger partial charge in [-0.25, -0.2) is 4.79 Å². The number of aromatic hydroxyl groups is 1. The van der Waals surface area contributed by atoms with Crippen LogP contribution in [0.15, 0.2) is 36.4 Å². The van der Waals surface area contributed by atoms with Crippen LogP contribution < -0.4 is 5.73 Å². The van der Waals surface area contributed by atoms with E-state index in [2.05, 4.69) is 0 Å². The first-order valence-electron chi connectivity index (χ1n) is 5.80. The molecule has 0 saturated carbocycles. The standard InChI is InChI=1S/C15H15NO3/c1-9-13(15(18)19-2)7-11(8-14(9)16)10-4-3-5-12(17)6-10/h3-8,17H,16H2,1-2H3. The summed E-state index contributed by atoms with van der Waals surface area (Å²) in [6, 6.07) is 10.3. The zero-order valence-electron chi connectivity index (χ0n) is 10.8. The number of carbonyl (C=O) groups excluding carboxylic acids is 1. The number of phenolic OH excluding ortho intramolecular Hbond substituents is 1. The molecule has 3 N–H and O–H groups in total. The molecule has 0 aliphatic heterocycles. The second kappa shape index (κ2) is 5.02. The molecule has 0 unspecified atom stereocenters. The lowest BCUT2D eigenvalue weighted by atomic mass is 9.98. The van der Waals surface area contributed by atoms with Crippen molar-refractivity contribution in [1.82, 2.24) is 0 Å². The first-order valence-corrected chi connectivity index (χ1v) is 5.80. The van der Waals surface area contributed by atoms with Gasteiger partial charge in [0.05, 0.1) is 12.7 Å². The Kier molecular flexibility index (Phi) is 3.42. The van der Waals surface area contributed by atoms with Crippen molar-refractivity contribution in [3.63, 3.8) is 0 Å². The first-order chi connectivity index (χ1) is 9.02.